The molecule has 0 radical (unpaired) electrons. The molecule has 0 fully saturated rings. The van der Waals surface area contributed by atoms with Gasteiger partial charge in [0.2, 0.25) is 0 Å². The van der Waals surface area contributed by atoms with Gasteiger partial charge in [-0.25, -0.2) is 14.5 Å². The molecule has 0 bridgehead atoms. The highest BCUT2D eigenvalue weighted by Gasteiger charge is 2.36. The third-order valence-corrected chi connectivity index (χ3v) is 5.76. The summed E-state index contributed by atoms with van der Waals surface area (Å²) < 4.78 is 42.0. The molecule has 1 amide bonds. The summed E-state index contributed by atoms with van der Waals surface area (Å²) in [6.45, 7) is 0.131. The Hall–Kier alpha value is -3.90. The van der Waals surface area contributed by atoms with Crippen LogP contribution >= 0.6 is 11.6 Å². The number of carbonyl (C=O) groups is 1. The van der Waals surface area contributed by atoms with Crippen LogP contribution in [0.2, 0.25) is 5.02 Å². The molecule has 3 heterocycles. The van der Waals surface area contributed by atoms with Crippen molar-refractivity contribution >= 4 is 34.7 Å². The number of alkyl halides is 3. The summed E-state index contributed by atoms with van der Waals surface area (Å²) in [6.07, 6.45) is -2.93. The Bertz CT molecular complexity index is 1410. The number of rotatable bonds is 7. The molecule has 1 aromatic carbocycles. The molecule has 188 valence electrons. The molecule has 0 aliphatic heterocycles. The first kappa shape index (κ1) is 25.2. The highest BCUT2D eigenvalue weighted by atomic mass is 35.5. The van der Waals surface area contributed by atoms with E-state index in [-0.39, 0.29) is 46.9 Å². The smallest absolute Gasteiger partial charge is 0.388 e. The van der Waals surface area contributed by atoms with Crippen molar-refractivity contribution in [3.8, 4) is 11.3 Å². The molecule has 9 nitrogen and oxygen atoms in total. The first-order valence-corrected chi connectivity index (χ1v) is 11.1. The van der Waals surface area contributed by atoms with Gasteiger partial charge < -0.3 is 21.5 Å². The number of nitrogens with zero attached hydrogens (tertiary/aromatic N) is 4. The van der Waals surface area contributed by atoms with Gasteiger partial charge in [-0.05, 0) is 36.2 Å². The van der Waals surface area contributed by atoms with Crippen LogP contribution in [0.25, 0.3) is 16.8 Å². The number of benzene rings is 1. The monoisotopic (exact) mass is 519 g/mol. The molecule has 1 atom stereocenters. The molecule has 0 saturated heterocycles. The average Bonchev–Trinajstić information content (AvgIpc) is 3.25. The summed E-state index contributed by atoms with van der Waals surface area (Å²) in [5.74, 6) is -0.635. The summed E-state index contributed by atoms with van der Waals surface area (Å²) in [5.41, 5.74) is 5.31. The SMILES string of the molecule is CNc1ncc(-c2cc(C(F)(F)F)c3c(N)ncnn23)cc1C(=O)NCCC(O)c1ccc(Cl)cc1. The molecule has 13 heteroatoms. The summed E-state index contributed by atoms with van der Waals surface area (Å²) in [7, 11) is 1.56. The van der Waals surface area contributed by atoms with Crippen LogP contribution in [0.1, 0.15) is 34.0 Å². The van der Waals surface area contributed by atoms with E-state index < -0.39 is 23.8 Å². The lowest BCUT2D eigenvalue weighted by molar-refractivity contribution is -0.136. The highest BCUT2D eigenvalue weighted by Crippen LogP contribution is 2.38. The van der Waals surface area contributed by atoms with Gasteiger partial charge in [0.25, 0.3) is 5.91 Å². The molecule has 3 aromatic heterocycles. The van der Waals surface area contributed by atoms with Crippen LogP contribution in [0.4, 0.5) is 24.8 Å². The van der Waals surface area contributed by atoms with E-state index in [9.17, 15) is 23.1 Å². The van der Waals surface area contributed by atoms with E-state index in [1.165, 1.54) is 12.3 Å². The average molecular weight is 520 g/mol. The molecular formula is C23H21ClF3N7O2. The molecule has 4 rings (SSSR count). The molecule has 5 N–H and O–H groups in total. The Labute approximate surface area is 208 Å². The number of carbonyl (C=O) groups excluding carboxylic acids is 1. The van der Waals surface area contributed by atoms with Crippen LogP contribution < -0.4 is 16.4 Å². The van der Waals surface area contributed by atoms with Crippen molar-refractivity contribution in [3.05, 3.63) is 70.6 Å². The molecule has 1 unspecified atom stereocenters. The Morgan fingerprint density at radius 1 is 1.22 bits per heavy atom. The van der Waals surface area contributed by atoms with Crippen molar-refractivity contribution in [2.24, 2.45) is 0 Å². The second kappa shape index (κ2) is 9.99. The number of halogens is 4. The second-order valence-corrected chi connectivity index (χ2v) is 8.27. The van der Waals surface area contributed by atoms with Gasteiger partial charge >= 0.3 is 6.18 Å². The lowest BCUT2D eigenvalue weighted by Crippen LogP contribution is -2.26. The normalized spacial score (nSPS) is 12.5. The number of nitrogens with one attached hydrogen (secondary N) is 2. The third kappa shape index (κ3) is 5.04. The first-order chi connectivity index (χ1) is 17.1. The van der Waals surface area contributed by atoms with Gasteiger partial charge in [-0.2, -0.15) is 18.3 Å². The van der Waals surface area contributed by atoms with Crippen LogP contribution in [-0.2, 0) is 6.18 Å². The molecule has 0 aliphatic carbocycles. The van der Waals surface area contributed by atoms with Crippen LogP contribution in [0.5, 0.6) is 0 Å². The van der Waals surface area contributed by atoms with Crippen LogP contribution in [0, 0.1) is 0 Å². The minimum atomic E-state index is -4.70. The lowest BCUT2D eigenvalue weighted by Gasteiger charge is -2.13. The Morgan fingerprint density at radius 2 is 1.94 bits per heavy atom. The summed E-state index contributed by atoms with van der Waals surface area (Å²) in [6, 6.07) is 8.99. The fraction of sp³-hybridized carbons (Fsp3) is 0.217. The Balaban J connectivity index is 1.61. The van der Waals surface area contributed by atoms with Gasteiger partial charge in [-0.1, -0.05) is 23.7 Å². The van der Waals surface area contributed by atoms with Gasteiger partial charge in [0.05, 0.1) is 22.9 Å². The van der Waals surface area contributed by atoms with Crippen molar-refractivity contribution in [3.63, 3.8) is 0 Å². The number of hydrogen-bond acceptors (Lipinski definition) is 7. The van der Waals surface area contributed by atoms with E-state index >= 15 is 0 Å². The Morgan fingerprint density at radius 3 is 2.61 bits per heavy atom. The lowest BCUT2D eigenvalue weighted by atomic mass is 10.1. The van der Waals surface area contributed by atoms with Crippen molar-refractivity contribution in [1.82, 2.24) is 24.9 Å². The van der Waals surface area contributed by atoms with E-state index in [1.807, 2.05) is 0 Å². The predicted molar refractivity (Wildman–Crippen MR) is 129 cm³/mol. The zero-order valence-electron chi connectivity index (χ0n) is 18.8. The van der Waals surface area contributed by atoms with Crippen molar-refractivity contribution in [2.75, 3.05) is 24.6 Å². The van der Waals surface area contributed by atoms with E-state index in [1.54, 1.807) is 31.3 Å². The van der Waals surface area contributed by atoms with Crippen molar-refractivity contribution < 1.29 is 23.1 Å². The number of aliphatic hydroxyl groups is 1. The number of anilines is 2. The highest BCUT2D eigenvalue weighted by molar-refractivity contribution is 6.30. The maximum absolute atomic E-state index is 13.7. The number of amides is 1. The van der Waals surface area contributed by atoms with Gasteiger partial charge in [-0.3, -0.25) is 4.79 Å². The topological polar surface area (TPSA) is 130 Å². The van der Waals surface area contributed by atoms with Gasteiger partial charge in [0.15, 0.2) is 5.82 Å². The summed E-state index contributed by atoms with van der Waals surface area (Å²) in [5, 5.41) is 20.3. The predicted octanol–water partition coefficient (Wildman–Crippen LogP) is 3.94. The first-order valence-electron chi connectivity index (χ1n) is 10.7. The minimum absolute atomic E-state index is 0.0359. The van der Waals surface area contributed by atoms with E-state index in [2.05, 4.69) is 25.7 Å². The fourth-order valence-corrected chi connectivity index (χ4v) is 3.86. The molecular weight excluding hydrogens is 499 g/mol. The molecule has 0 spiro atoms. The number of pyridine rings is 1. The number of aliphatic hydroxyl groups excluding tert-OH is 1. The minimum Gasteiger partial charge on any atom is -0.388 e. The largest absolute Gasteiger partial charge is 0.418 e. The van der Waals surface area contributed by atoms with Crippen molar-refractivity contribution in [1.29, 1.82) is 0 Å². The van der Waals surface area contributed by atoms with Gasteiger partial charge in [0.1, 0.15) is 17.7 Å². The molecule has 0 saturated carbocycles. The second-order valence-electron chi connectivity index (χ2n) is 7.83. The number of fused-ring (bicyclic) bond motifs is 1. The molecule has 4 aromatic rings. The zero-order chi connectivity index (χ0) is 26.0. The molecule has 36 heavy (non-hydrogen) atoms. The van der Waals surface area contributed by atoms with Crippen LogP contribution in [0.15, 0.2) is 48.9 Å². The van der Waals surface area contributed by atoms with E-state index in [0.29, 0.717) is 10.6 Å². The third-order valence-electron chi connectivity index (χ3n) is 5.51. The zero-order valence-corrected chi connectivity index (χ0v) is 19.6. The standard InChI is InChI=1S/C23H21ClF3N7O2/c1-29-21-15(22(36)30-7-6-18(35)12-2-4-14(24)5-3-12)8-13(10-31-21)17-9-16(23(25,26)27)19-20(28)32-11-33-34(17)19/h2-5,8-11,18,35H,6-7H2,1H3,(H,29,31)(H,30,36)(H2,28,32,33). The van der Waals surface area contributed by atoms with Crippen LogP contribution in [0.3, 0.4) is 0 Å². The van der Waals surface area contributed by atoms with Gasteiger partial charge in [-0.15, -0.1) is 0 Å². The maximum Gasteiger partial charge on any atom is 0.418 e. The molecule has 0 aliphatic rings. The van der Waals surface area contributed by atoms with Crippen LogP contribution in [-0.4, -0.2) is 44.2 Å². The maximum atomic E-state index is 13.7. The number of nitrogen functional groups attached to an aromatic ring is 1. The van der Waals surface area contributed by atoms with Gasteiger partial charge in [0, 0.05) is 30.4 Å². The fourth-order valence-electron chi connectivity index (χ4n) is 3.74. The van der Waals surface area contributed by atoms with E-state index in [0.717, 1.165) is 16.9 Å². The number of nitrogens with two attached hydrogens (primary N) is 1. The number of aromatic nitrogens is 4. The van der Waals surface area contributed by atoms with Crippen molar-refractivity contribution in [2.45, 2.75) is 18.7 Å². The Kier molecular flexibility index (Phi) is 7.00. The van der Waals surface area contributed by atoms with E-state index in [4.69, 9.17) is 17.3 Å². The quantitative estimate of drug-likeness (QED) is 0.291. The number of hydrogen-bond donors (Lipinski definition) is 4. The summed E-state index contributed by atoms with van der Waals surface area (Å²) >= 11 is 5.86. The summed E-state index contributed by atoms with van der Waals surface area (Å²) in [4.78, 5) is 20.8.